The van der Waals surface area contributed by atoms with Crippen molar-refractivity contribution in [2.75, 3.05) is 10.6 Å². The molecule has 0 spiro atoms. The number of nitrogens with one attached hydrogen (secondary N) is 2. The first kappa shape index (κ1) is 19.2. The number of halogens is 2. The summed E-state index contributed by atoms with van der Waals surface area (Å²) in [5.74, 6) is -0.987. The van der Waals surface area contributed by atoms with Gasteiger partial charge in [0, 0.05) is 21.1 Å². The van der Waals surface area contributed by atoms with Gasteiger partial charge in [-0.25, -0.2) is 9.37 Å². The minimum atomic E-state index is -0.407. The number of anilines is 2. The Bertz CT molecular complexity index is 989. The SMILES string of the molecule is Cc1cc(NC(=O)Cc2csc(NC(=O)c3ccc(F)cc3)n2)ccc1Br. The van der Waals surface area contributed by atoms with Crippen LogP contribution in [-0.2, 0) is 11.2 Å². The van der Waals surface area contributed by atoms with Gasteiger partial charge in [0.15, 0.2) is 5.13 Å². The summed E-state index contributed by atoms with van der Waals surface area (Å²) >= 11 is 4.64. The average Bonchev–Trinajstić information content (AvgIpc) is 3.05. The molecule has 0 aliphatic heterocycles. The molecule has 0 aliphatic carbocycles. The number of rotatable bonds is 5. The van der Waals surface area contributed by atoms with Crippen LogP contribution in [-0.4, -0.2) is 16.8 Å². The van der Waals surface area contributed by atoms with Crippen molar-refractivity contribution in [2.45, 2.75) is 13.3 Å². The summed E-state index contributed by atoms with van der Waals surface area (Å²) in [5, 5.41) is 7.56. The van der Waals surface area contributed by atoms with E-state index < -0.39 is 5.82 Å². The quantitative estimate of drug-likeness (QED) is 0.590. The summed E-state index contributed by atoms with van der Waals surface area (Å²) in [6, 6.07) is 10.8. The number of aromatic nitrogens is 1. The minimum absolute atomic E-state index is 0.0953. The van der Waals surface area contributed by atoms with Crippen LogP contribution in [0, 0.1) is 12.7 Å². The molecule has 27 heavy (non-hydrogen) atoms. The van der Waals surface area contributed by atoms with Gasteiger partial charge in [-0.1, -0.05) is 15.9 Å². The van der Waals surface area contributed by atoms with Gasteiger partial charge in [-0.05, 0) is 55.0 Å². The third kappa shape index (κ3) is 5.21. The third-order valence-corrected chi connectivity index (χ3v) is 5.36. The van der Waals surface area contributed by atoms with Gasteiger partial charge < -0.3 is 5.32 Å². The van der Waals surface area contributed by atoms with Gasteiger partial charge in [-0.15, -0.1) is 11.3 Å². The highest BCUT2D eigenvalue weighted by Gasteiger charge is 2.12. The van der Waals surface area contributed by atoms with Crippen LogP contribution in [0.3, 0.4) is 0 Å². The molecule has 0 radical (unpaired) electrons. The van der Waals surface area contributed by atoms with Crippen LogP contribution in [0.5, 0.6) is 0 Å². The van der Waals surface area contributed by atoms with Gasteiger partial charge >= 0.3 is 0 Å². The Morgan fingerprint density at radius 3 is 2.59 bits per heavy atom. The molecule has 0 fully saturated rings. The highest BCUT2D eigenvalue weighted by Crippen LogP contribution is 2.21. The van der Waals surface area contributed by atoms with Crippen LogP contribution < -0.4 is 10.6 Å². The molecule has 5 nitrogen and oxygen atoms in total. The van der Waals surface area contributed by atoms with E-state index in [0.29, 0.717) is 22.1 Å². The highest BCUT2D eigenvalue weighted by atomic mass is 79.9. The molecule has 2 N–H and O–H groups in total. The van der Waals surface area contributed by atoms with Gasteiger partial charge in [-0.3, -0.25) is 14.9 Å². The van der Waals surface area contributed by atoms with Gasteiger partial charge in [0.2, 0.25) is 5.91 Å². The van der Waals surface area contributed by atoms with Crippen LogP contribution in [0.1, 0.15) is 21.6 Å². The normalized spacial score (nSPS) is 10.5. The summed E-state index contributed by atoms with van der Waals surface area (Å²) in [4.78, 5) is 28.5. The van der Waals surface area contributed by atoms with Crippen LogP contribution in [0.2, 0.25) is 0 Å². The number of amides is 2. The van der Waals surface area contributed by atoms with Gasteiger partial charge in [0.1, 0.15) is 5.82 Å². The Kier molecular flexibility index (Phi) is 5.98. The van der Waals surface area contributed by atoms with Crippen molar-refractivity contribution in [1.82, 2.24) is 4.98 Å². The van der Waals surface area contributed by atoms with E-state index in [9.17, 15) is 14.0 Å². The van der Waals surface area contributed by atoms with Crippen molar-refractivity contribution >= 4 is 49.9 Å². The Morgan fingerprint density at radius 2 is 1.89 bits per heavy atom. The number of hydrogen-bond donors (Lipinski definition) is 2. The molecule has 0 saturated heterocycles. The largest absolute Gasteiger partial charge is 0.326 e. The summed E-state index contributed by atoms with van der Waals surface area (Å²) in [6.07, 6.45) is 0.0953. The van der Waals surface area contributed by atoms with E-state index in [4.69, 9.17) is 0 Å². The summed E-state index contributed by atoms with van der Waals surface area (Å²) < 4.78 is 13.9. The summed E-state index contributed by atoms with van der Waals surface area (Å²) in [7, 11) is 0. The van der Waals surface area contributed by atoms with Crippen LogP contribution in [0.25, 0.3) is 0 Å². The second-order valence-electron chi connectivity index (χ2n) is 5.79. The maximum atomic E-state index is 12.9. The predicted molar refractivity (Wildman–Crippen MR) is 108 cm³/mol. The van der Waals surface area contributed by atoms with Crippen LogP contribution >= 0.6 is 27.3 Å². The van der Waals surface area contributed by atoms with Gasteiger partial charge in [0.05, 0.1) is 12.1 Å². The number of hydrogen-bond acceptors (Lipinski definition) is 4. The van der Waals surface area contributed by atoms with E-state index in [1.54, 1.807) is 5.38 Å². The van der Waals surface area contributed by atoms with Crippen molar-refractivity contribution < 1.29 is 14.0 Å². The monoisotopic (exact) mass is 447 g/mol. The average molecular weight is 448 g/mol. The molecule has 138 valence electrons. The number of nitrogens with zero attached hydrogens (tertiary/aromatic N) is 1. The number of benzene rings is 2. The molecule has 0 atom stereocenters. The minimum Gasteiger partial charge on any atom is -0.326 e. The summed E-state index contributed by atoms with van der Waals surface area (Å²) in [6.45, 7) is 1.94. The van der Waals surface area contributed by atoms with Crippen LogP contribution in [0.15, 0.2) is 52.3 Å². The lowest BCUT2D eigenvalue weighted by atomic mass is 10.2. The van der Waals surface area contributed by atoms with E-state index in [-0.39, 0.29) is 18.2 Å². The molecule has 0 aliphatic rings. The molecule has 2 amide bonds. The number of thiazole rings is 1. The lowest BCUT2D eigenvalue weighted by Crippen LogP contribution is -2.15. The molecule has 3 rings (SSSR count). The molecule has 3 aromatic rings. The fraction of sp³-hybridized carbons (Fsp3) is 0.105. The maximum absolute atomic E-state index is 12.9. The molecule has 8 heteroatoms. The molecule has 1 heterocycles. The lowest BCUT2D eigenvalue weighted by molar-refractivity contribution is -0.115. The molecule has 0 unspecified atom stereocenters. The fourth-order valence-corrected chi connectivity index (χ4v) is 3.26. The maximum Gasteiger partial charge on any atom is 0.257 e. The van der Waals surface area contributed by atoms with Gasteiger partial charge in [-0.2, -0.15) is 0 Å². The molecule has 0 bridgehead atoms. The zero-order chi connectivity index (χ0) is 19.4. The third-order valence-electron chi connectivity index (χ3n) is 3.66. The Labute approximate surface area is 167 Å². The molecular weight excluding hydrogens is 433 g/mol. The first-order chi connectivity index (χ1) is 12.9. The van der Waals surface area contributed by atoms with Crippen molar-refractivity contribution in [1.29, 1.82) is 0 Å². The first-order valence-corrected chi connectivity index (χ1v) is 9.65. The van der Waals surface area contributed by atoms with Crippen molar-refractivity contribution in [3.05, 3.63) is 75.0 Å². The Balaban J connectivity index is 1.58. The van der Waals surface area contributed by atoms with E-state index in [2.05, 4.69) is 31.5 Å². The highest BCUT2D eigenvalue weighted by molar-refractivity contribution is 9.10. The zero-order valence-electron chi connectivity index (χ0n) is 14.3. The smallest absolute Gasteiger partial charge is 0.257 e. The van der Waals surface area contributed by atoms with E-state index in [1.165, 1.54) is 35.6 Å². The van der Waals surface area contributed by atoms with Crippen LogP contribution in [0.4, 0.5) is 15.2 Å². The number of carbonyl (C=O) groups is 2. The lowest BCUT2D eigenvalue weighted by Gasteiger charge is -2.06. The molecule has 1 aromatic heterocycles. The Hall–Kier alpha value is -2.58. The van der Waals surface area contributed by atoms with Crippen molar-refractivity contribution in [3.63, 3.8) is 0 Å². The van der Waals surface area contributed by atoms with E-state index in [0.717, 1.165) is 10.0 Å². The van der Waals surface area contributed by atoms with Crippen molar-refractivity contribution in [2.24, 2.45) is 0 Å². The summed E-state index contributed by atoms with van der Waals surface area (Å²) in [5.41, 5.74) is 2.62. The number of aryl methyl sites for hydroxylation is 1. The fourth-order valence-electron chi connectivity index (χ4n) is 2.31. The molecule has 2 aromatic carbocycles. The molecular formula is C19H15BrFN3O2S. The first-order valence-electron chi connectivity index (χ1n) is 7.98. The standard InChI is InChI=1S/C19H15BrFN3O2S/c1-11-8-14(6-7-16(11)20)22-17(25)9-15-10-27-19(23-15)24-18(26)12-2-4-13(21)5-3-12/h2-8,10H,9H2,1H3,(H,22,25)(H,23,24,26). The van der Waals surface area contributed by atoms with Crippen molar-refractivity contribution in [3.8, 4) is 0 Å². The second-order valence-corrected chi connectivity index (χ2v) is 7.51. The Morgan fingerprint density at radius 1 is 1.15 bits per heavy atom. The predicted octanol–water partition coefficient (Wildman–Crippen LogP) is 4.79. The zero-order valence-corrected chi connectivity index (χ0v) is 16.7. The number of carbonyl (C=O) groups excluding carboxylic acids is 2. The van der Waals surface area contributed by atoms with E-state index >= 15 is 0 Å². The topological polar surface area (TPSA) is 71.1 Å². The van der Waals surface area contributed by atoms with Gasteiger partial charge in [0.25, 0.3) is 5.91 Å². The molecule has 0 saturated carbocycles. The van der Waals surface area contributed by atoms with E-state index in [1.807, 2.05) is 25.1 Å². The second kappa shape index (κ2) is 8.41.